The van der Waals surface area contributed by atoms with Gasteiger partial charge in [-0.2, -0.15) is 4.91 Å². The first-order valence-corrected chi connectivity index (χ1v) is 11.0. The molecule has 0 aliphatic carbocycles. The van der Waals surface area contributed by atoms with Crippen LogP contribution in [0.25, 0.3) is 0 Å². The van der Waals surface area contributed by atoms with Crippen LogP contribution < -0.4 is 20.4 Å². The molecule has 9 heteroatoms. The molecule has 0 bridgehead atoms. The molecule has 0 aliphatic heterocycles. The van der Waals surface area contributed by atoms with E-state index in [0.717, 1.165) is 0 Å². The van der Waals surface area contributed by atoms with E-state index in [9.17, 15) is 19.3 Å². The van der Waals surface area contributed by atoms with Gasteiger partial charge in [0, 0.05) is 24.1 Å². The number of benzene rings is 3. The number of nitrogens with one attached hydrogen (secondary N) is 2. The highest BCUT2D eigenvalue weighted by molar-refractivity contribution is 6.05. The van der Waals surface area contributed by atoms with Crippen LogP contribution in [0.5, 0.6) is 0 Å². The maximum absolute atomic E-state index is 13.0. The van der Waals surface area contributed by atoms with E-state index in [1.54, 1.807) is 74.6 Å². The molecule has 3 rings (SSSR count). The van der Waals surface area contributed by atoms with Gasteiger partial charge in [0.25, 0.3) is 0 Å². The normalized spacial score (nSPS) is 11.1. The van der Waals surface area contributed by atoms with Crippen molar-refractivity contribution in [1.82, 2.24) is 5.32 Å². The van der Waals surface area contributed by atoms with Crippen LogP contribution in [0.3, 0.4) is 0 Å². The lowest BCUT2D eigenvalue weighted by Crippen LogP contribution is -2.46. The second-order valence-electron chi connectivity index (χ2n) is 7.82. The number of carbonyl (C=O) groups is 3. The number of nitrogens with zero attached hydrogens (tertiary/aromatic N) is 3. The molecule has 0 spiro atoms. The van der Waals surface area contributed by atoms with Crippen molar-refractivity contribution in [2.45, 2.75) is 13.0 Å². The number of anilines is 3. The van der Waals surface area contributed by atoms with Crippen molar-refractivity contribution in [3.8, 4) is 0 Å². The fraction of sp³-hybridized carbons (Fsp3) is 0.192. The smallest absolute Gasteiger partial charge is 0.319 e. The third-order valence-electron chi connectivity index (χ3n) is 5.37. The van der Waals surface area contributed by atoms with Gasteiger partial charge < -0.3 is 20.4 Å². The van der Waals surface area contributed by atoms with Crippen molar-refractivity contribution in [3.05, 3.63) is 95.4 Å². The van der Waals surface area contributed by atoms with Crippen molar-refractivity contribution in [2.75, 3.05) is 35.3 Å². The van der Waals surface area contributed by atoms with E-state index in [4.69, 9.17) is 0 Å². The Balaban J connectivity index is 1.65. The van der Waals surface area contributed by atoms with Crippen LogP contribution >= 0.6 is 0 Å². The summed E-state index contributed by atoms with van der Waals surface area (Å²) in [7, 11) is 1.64. The van der Waals surface area contributed by atoms with Gasteiger partial charge in [-0.1, -0.05) is 53.7 Å². The Morgan fingerprint density at radius 1 is 0.857 bits per heavy atom. The van der Waals surface area contributed by atoms with Crippen LogP contribution in [-0.4, -0.2) is 38.0 Å². The summed E-state index contributed by atoms with van der Waals surface area (Å²) in [6.07, 6.45) is 0. The zero-order chi connectivity index (χ0) is 25.2. The summed E-state index contributed by atoms with van der Waals surface area (Å²) in [4.78, 5) is 51.9. The second kappa shape index (κ2) is 12.1. The minimum atomic E-state index is -0.594. The number of rotatable bonds is 9. The Morgan fingerprint density at radius 3 is 2.11 bits per heavy atom. The lowest BCUT2D eigenvalue weighted by atomic mass is 10.1. The van der Waals surface area contributed by atoms with Gasteiger partial charge in [0.2, 0.25) is 11.8 Å². The topological polar surface area (TPSA) is 111 Å². The predicted molar refractivity (Wildman–Crippen MR) is 136 cm³/mol. The summed E-state index contributed by atoms with van der Waals surface area (Å²) in [5.41, 5.74) is 2.36. The van der Waals surface area contributed by atoms with Gasteiger partial charge >= 0.3 is 6.03 Å². The summed E-state index contributed by atoms with van der Waals surface area (Å²) in [6, 6.07) is 23.5. The standard InChI is InChI=1S/C26H27N5O4/c1-19(29-35)20-10-9-11-21(16-20)28-26(34)27-17-24(32)31(23-14-7-4-8-15-23)18-25(33)30(2)22-12-5-3-6-13-22/h3-16,19H,17-18H2,1-2H3,(H2,27,28,34). The summed E-state index contributed by atoms with van der Waals surface area (Å²) < 4.78 is 0. The van der Waals surface area contributed by atoms with Crippen LogP contribution in [-0.2, 0) is 9.59 Å². The molecule has 0 aliphatic rings. The lowest BCUT2D eigenvalue weighted by molar-refractivity contribution is -0.121. The molecule has 35 heavy (non-hydrogen) atoms. The highest BCUT2D eigenvalue weighted by Crippen LogP contribution is 2.20. The molecule has 0 aromatic heterocycles. The van der Waals surface area contributed by atoms with Gasteiger partial charge in [0.1, 0.15) is 12.6 Å². The molecule has 0 heterocycles. The minimum Gasteiger partial charge on any atom is -0.329 e. The molecule has 0 fully saturated rings. The van der Waals surface area contributed by atoms with E-state index < -0.39 is 18.0 Å². The van der Waals surface area contributed by atoms with Gasteiger partial charge in [-0.25, -0.2) is 4.79 Å². The van der Waals surface area contributed by atoms with Gasteiger partial charge in [0.15, 0.2) is 0 Å². The van der Waals surface area contributed by atoms with E-state index in [1.807, 2.05) is 24.3 Å². The number of hydrogen-bond acceptors (Lipinski definition) is 5. The van der Waals surface area contributed by atoms with Crippen LogP contribution in [0, 0.1) is 4.91 Å². The minimum absolute atomic E-state index is 0.198. The molecule has 0 radical (unpaired) electrons. The number of likely N-dealkylation sites (N-methyl/N-ethyl adjacent to an activating group) is 1. The quantitative estimate of drug-likeness (QED) is 0.451. The predicted octanol–water partition coefficient (Wildman–Crippen LogP) is 4.33. The summed E-state index contributed by atoms with van der Waals surface area (Å²) in [5.74, 6) is -0.735. The molecule has 180 valence electrons. The molecule has 9 nitrogen and oxygen atoms in total. The Morgan fingerprint density at radius 2 is 1.49 bits per heavy atom. The van der Waals surface area contributed by atoms with Crippen molar-refractivity contribution < 1.29 is 14.4 Å². The Hall–Kier alpha value is -4.53. The molecular weight excluding hydrogens is 446 g/mol. The maximum Gasteiger partial charge on any atom is 0.319 e. The molecular formula is C26H27N5O4. The molecule has 0 saturated carbocycles. The average Bonchev–Trinajstić information content (AvgIpc) is 2.90. The van der Waals surface area contributed by atoms with Crippen LogP contribution in [0.15, 0.2) is 90.1 Å². The van der Waals surface area contributed by atoms with E-state index in [0.29, 0.717) is 22.6 Å². The van der Waals surface area contributed by atoms with Gasteiger partial charge in [-0.15, -0.1) is 0 Å². The Kier molecular flexibility index (Phi) is 8.66. The third kappa shape index (κ3) is 6.97. The van der Waals surface area contributed by atoms with Crippen LogP contribution in [0.1, 0.15) is 18.5 Å². The summed E-state index contributed by atoms with van der Waals surface area (Å²) >= 11 is 0. The van der Waals surface area contributed by atoms with Crippen molar-refractivity contribution in [2.24, 2.45) is 5.18 Å². The second-order valence-corrected chi connectivity index (χ2v) is 7.82. The highest BCUT2D eigenvalue weighted by Gasteiger charge is 2.22. The number of para-hydroxylation sites is 2. The third-order valence-corrected chi connectivity index (χ3v) is 5.37. The van der Waals surface area contributed by atoms with Crippen molar-refractivity contribution in [1.29, 1.82) is 0 Å². The molecule has 2 N–H and O–H groups in total. The fourth-order valence-corrected chi connectivity index (χ4v) is 3.33. The van der Waals surface area contributed by atoms with E-state index in [1.165, 1.54) is 9.80 Å². The molecule has 1 unspecified atom stereocenters. The van der Waals surface area contributed by atoms with Gasteiger partial charge in [-0.05, 0) is 48.9 Å². The van der Waals surface area contributed by atoms with Crippen molar-refractivity contribution >= 4 is 34.9 Å². The molecule has 1 atom stereocenters. The van der Waals surface area contributed by atoms with Crippen LogP contribution in [0.2, 0.25) is 0 Å². The molecule has 3 aromatic rings. The number of amides is 4. The zero-order valence-corrected chi connectivity index (χ0v) is 19.5. The fourth-order valence-electron chi connectivity index (χ4n) is 3.33. The molecule has 4 amide bonds. The molecule has 0 saturated heterocycles. The lowest BCUT2D eigenvalue weighted by Gasteiger charge is -2.25. The zero-order valence-electron chi connectivity index (χ0n) is 19.5. The SMILES string of the molecule is CC(N=O)c1cccc(NC(=O)NCC(=O)N(CC(=O)N(C)c2ccccc2)c2ccccc2)c1. The Labute approximate surface area is 203 Å². The number of nitroso groups, excluding NO2 is 1. The molecule has 3 aromatic carbocycles. The first-order chi connectivity index (χ1) is 16.9. The van der Waals surface area contributed by atoms with E-state index in [-0.39, 0.29) is 19.0 Å². The number of hydrogen-bond donors (Lipinski definition) is 2. The largest absolute Gasteiger partial charge is 0.329 e. The first-order valence-electron chi connectivity index (χ1n) is 11.0. The summed E-state index contributed by atoms with van der Waals surface area (Å²) in [6.45, 7) is 1.13. The Bertz CT molecular complexity index is 1170. The highest BCUT2D eigenvalue weighted by atomic mass is 16.3. The van der Waals surface area contributed by atoms with Crippen LogP contribution in [0.4, 0.5) is 21.9 Å². The monoisotopic (exact) mass is 473 g/mol. The average molecular weight is 474 g/mol. The maximum atomic E-state index is 13.0. The number of carbonyl (C=O) groups excluding carboxylic acids is 3. The van der Waals surface area contributed by atoms with E-state index in [2.05, 4.69) is 15.8 Å². The van der Waals surface area contributed by atoms with Crippen molar-refractivity contribution in [3.63, 3.8) is 0 Å². The number of urea groups is 1. The van der Waals surface area contributed by atoms with Gasteiger partial charge in [0.05, 0.1) is 6.54 Å². The van der Waals surface area contributed by atoms with Gasteiger partial charge in [-0.3, -0.25) is 9.59 Å². The first kappa shape index (κ1) is 25.1. The van der Waals surface area contributed by atoms with E-state index >= 15 is 0 Å². The summed E-state index contributed by atoms with van der Waals surface area (Å²) in [5, 5.41) is 8.15.